The average Bonchev–Trinajstić information content (AvgIpc) is 3.35. The zero-order valence-corrected chi connectivity index (χ0v) is 18.8. The maximum atomic E-state index is 12.8. The number of furan rings is 1. The number of amides is 1. The number of aryl methyl sites for hydroxylation is 1. The fourth-order valence-corrected chi connectivity index (χ4v) is 4.55. The maximum Gasteiger partial charge on any atom is 0.348 e. The molecule has 1 N–H and O–H groups in total. The number of aromatic nitrogens is 2. The molecule has 3 aromatic heterocycles. The molecule has 4 aromatic rings. The highest BCUT2D eigenvalue weighted by atomic mass is 32.1. The first-order valence-electron chi connectivity index (χ1n) is 9.82. The summed E-state index contributed by atoms with van der Waals surface area (Å²) in [6.45, 7) is 1.60. The van der Waals surface area contributed by atoms with E-state index in [4.69, 9.17) is 13.9 Å². The third kappa shape index (κ3) is 3.98. The van der Waals surface area contributed by atoms with Crippen molar-refractivity contribution in [3.63, 3.8) is 0 Å². The first-order valence-corrected chi connectivity index (χ1v) is 10.6. The van der Waals surface area contributed by atoms with E-state index in [9.17, 15) is 19.2 Å². The molecule has 1 amide bonds. The summed E-state index contributed by atoms with van der Waals surface area (Å²) in [6, 6.07) is 7.19. The summed E-state index contributed by atoms with van der Waals surface area (Å²) < 4.78 is 16.4. The molecule has 0 fully saturated rings. The van der Waals surface area contributed by atoms with Crippen molar-refractivity contribution in [3.05, 3.63) is 57.0 Å². The van der Waals surface area contributed by atoms with Crippen LogP contribution in [0.15, 0.2) is 39.8 Å². The topological polar surface area (TPSA) is 130 Å². The molecular weight excluding hydrogens is 450 g/mol. The number of esters is 2. The van der Waals surface area contributed by atoms with Crippen LogP contribution in [0, 0.1) is 6.92 Å². The van der Waals surface area contributed by atoms with Crippen LogP contribution in [0.5, 0.6) is 0 Å². The van der Waals surface area contributed by atoms with Gasteiger partial charge in [-0.2, -0.15) is 0 Å². The van der Waals surface area contributed by atoms with Gasteiger partial charge in [0.1, 0.15) is 21.0 Å². The second-order valence-electron chi connectivity index (χ2n) is 7.06. The minimum Gasteiger partial charge on any atom is -0.465 e. The van der Waals surface area contributed by atoms with E-state index in [2.05, 4.69) is 10.3 Å². The Hall–Kier alpha value is -3.99. The van der Waals surface area contributed by atoms with E-state index in [1.165, 1.54) is 25.1 Å². The number of hydrogen-bond donors (Lipinski definition) is 1. The minimum absolute atomic E-state index is 0.0342. The van der Waals surface area contributed by atoms with E-state index in [0.29, 0.717) is 16.7 Å². The zero-order chi connectivity index (χ0) is 23.7. The zero-order valence-electron chi connectivity index (χ0n) is 18.0. The summed E-state index contributed by atoms with van der Waals surface area (Å²) >= 11 is 0.917. The van der Waals surface area contributed by atoms with Crippen LogP contribution in [-0.2, 0) is 20.8 Å². The van der Waals surface area contributed by atoms with Crippen molar-refractivity contribution in [2.24, 2.45) is 0 Å². The molecule has 170 valence electrons. The fraction of sp³-hybridized carbons (Fsp3) is 0.227. The summed E-state index contributed by atoms with van der Waals surface area (Å²) in [6.07, 6.45) is 1.28. The van der Waals surface area contributed by atoms with Gasteiger partial charge in [0, 0.05) is 18.4 Å². The van der Waals surface area contributed by atoms with Crippen LogP contribution in [0.3, 0.4) is 0 Å². The molecule has 33 heavy (non-hydrogen) atoms. The largest absolute Gasteiger partial charge is 0.465 e. The second-order valence-corrected chi connectivity index (χ2v) is 8.08. The number of fused-ring (bicyclic) bond motifs is 3. The Morgan fingerprint density at radius 1 is 1.15 bits per heavy atom. The van der Waals surface area contributed by atoms with Crippen molar-refractivity contribution in [1.82, 2.24) is 9.55 Å². The summed E-state index contributed by atoms with van der Waals surface area (Å²) in [7, 11) is 2.43. The van der Waals surface area contributed by atoms with E-state index in [0.717, 1.165) is 16.7 Å². The molecule has 0 spiro atoms. The molecule has 11 heteroatoms. The van der Waals surface area contributed by atoms with E-state index in [1.807, 2.05) is 12.1 Å². The third-order valence-corrected chi connectivity index (χ3v) is 6.28. The van der Waals surface area contributed by atoms with Gasteiger partial charge in [-0.25, -0.2) is 14.6 Å². The highest BCUT2D eigenvalue weighted by molar-refractivity contribution is 7.18. The lowest BCUT2D eigenvalue weighted by Crippen LogP contribution is -2.23. The van der Waals surface area contributed by atoms with Gasteiger partial charge in [0.2, 0.25) is 11.5 Å². The van der Waals surface area contributed by atoms with Crippen LogP contribution in [-0.4, -0.2) is 41.6 Å². The molecule has 0 atom stereocenters. The average molecular weight is 469 g/mol. The third-order valence-electron chi connectivity index (χ3n) is 5.09. The van der Waals surface area contributed by atoms with Gasteiger partial charge in [0.05, 0.1) is 26.1 Å². The molecule has 0 saturated carbocycles. The lowest BCUT2D eigenvalue weighted by molar-refractivity contribution is -0.116. The Bertz CT molecular complexity index is 1460. The molecule has 0 bridgehead atoms. The molecule has 0 saturated heterocycles. The Labute approximate surface area is 190 Å². The lowest BCUT2D eigenvalue weighted by atomic mass is 10.1. The first-order chi connectivity index (χ1) is 15.8. The van der Waals surface area contributed by atoms with E-state index >= 15 is 0 Å². The van der Waals surface area contributed by atoms with Gasteiger partial charge in [-0.1, -0.05) is 12.1 Å². The van der Waals surface area contributed by atoms with Crippen LogP contribution in [0.25, 0.3) is 22.1 Å². The lowest BCUT2D eigenvalue weighted by Gasteiger charge is -2.07. The maximum absolute atomic E-state index is 12.8. The second kappa shape index (κ2) is 8.87. The summed E-state index contributed by atoms with van der Waals surface area (Å²) in [5, 5.41) is 3.53. The Morgan fingerprint density at radius 3 is 2.61 bits per heavy atom. The van der Waals surface area contributed by atoms with Gasteiger partial charge in [-0.05, 0) is 24.6 Å². The minimum atomic E-state index is -0.690. The molecule has 0 aliphatic carbocycles. The van der Waals surface area contributed by atoms with Crippen LogP contribution in [0.2, 0.25) is 0 Å². The van der Waals surface area contributed by atoms with Crippen LogP contribution in [0.4, 0.5) is 5.00 Å². The number of nitrogens with zero attached hydrogens (tertiary/aromatic N) is 2. The van der Waals surface area contributed by atoms with Crippen molar-refractivity contribution in [2.45, 2.75) is 19.9 Å². The molecule has 0 radical (unpaired) electrons. The number of thiophene rings is 1. The summed E-state index contributed by atoms with van der Waals surface area (Å²) in [5.74, 6) is -1.78. The number of carbonyl (C=O) groups excluding carboxylic acids is 3. The summed E-state index contributed by atoms with van der Waals surface area (Å²) in [4.78, 5) is 54.1. The number of para-hydroxylation sites is 1. The van der Waals surface area contributed by atoms with E-state index < -0.39 is 23.4 Å². The standard InChI is InChI=1S/C22H19N3O7S/c1-11-15(21(28)30-2)19(33-18(11)22(29)31-3)24-14(26)8-9-25-10-23-16-12-6-4-5-7-13(12)32-17(16)20(25)27/h4-7,10H,8-9H2,1-3H3,(H,24,26). The highest BCUT2D eigenvalue weighted by Crippen LogP contribution is 2.34. The van der Waals surface area contributed by atoms with Crippen molar-refractivity contribution in [1.29, 1.82) is 0 Å². The number of methoxy groups -OCH3 is 2. The number of ether oxygens (including phenoxy) is 2. The van der Waals surface area contributed by atoms with Crippen molar-refractivity contribution < 1.29 is 28.3 Å². The molecule has 0 unspecified atom stereocenters. The van der Waals surface area contributed by atoms with Crippen molar-refractivity contribution >= 4 is 56.3 Å². The van der Waals surface area contributed by atoms with Gasteiger partial charge >= 0.3 is 11.9 Å². The van der Waals surface area contributed by atoms with E-state index in [-0.39, 0.29) is 34.0 Å². The predicted octanol–water partition coefficient (Wildman–Crippen LogP) is 3.11. The molecule has 1 aromatic carbocycles. The van der Waals surface area contributed by atoms with Crippen LogP contribution < -0.4 is 10.9 Å². The number of nitrogens with one attached hydrogen (secondary N) is 1. The van der Waals surface area contributed by atoms with Gasteiger partial charge in [-0.3, -0.25) is 14.2 Å². The quantitative estimate of drug-likeness (QED) is 0.427. The van der Waals surface area contributed by atoms with Gasteiger partial charge < -0.3 is 19.2 Å². The molecule has 4 rings (SSSR count). The number of hydrogen-bond acceptors (Lipinski definition) is 9. The predicted molar refractivity (Wildman–Crippen MR) is 121 cm³/mol. The Kier molecular flexibility index (Phi) is 5.97. The number of anilines is 1. The van der Waals surface area contributed by atoms with Gasteiger partial charge in [0.25, 0.3) is 5.56 Å². The van der Waals surface area contributed by atoms with Crippen LogP contribution in [0.1, 0.15) is 32.0 Å². The molecule has 0 aliphatic rings. The Morgan fingerprint density at radius 2 is 1.88 bits per heavy atom. The number of benzene rings is 1. The number of carbonyl (C=O) groups is 3. The normalized spacial score (nSPS) is 11.0. The molecule has 3 heterocycles. The first kappa shape index (κ1) is 22.2. The van der Waals surface area contributed by atoms with Gasteiger partial charge in [0.15, 0.2) is 0 Å². The van der Waals surface area contributed by atoms with Crippen molar-refractivity contribution in [2.75, 3.05) is 19.5 Å². The highest BCUT2D eigenvalue weighted by Gasteiger charge is 2.26. The molecule has 10 nitrogen and oxygen atoms in total. The summed E-state index contributed by atoms with van der Waals surface area (Å²) in [5.41, 5.74) is 1.16. The number of rotatable bonds is 6. The van der Waals surface area contributed by atoms with Gasteiger partial charge in [-0.15, -0.1) is 11.3 Å². The monoisotopic (exact) mass is 469 g/mol. The fourth-order valence-electron chi connectivity index (χ4n) is 3.42. The molecule has 0 aliphatic heterocycles. The Balaban J connectivity index is 1.55. The smallest absolute Gasteiger partial charge is 0.348 e. The van der Waals surface area contributed by atoms with Crippen LogP contribution >= 0.6 is 11.3 Å². The SMILES string of the molecule is COC(=O)c1sc(NC(=O)CCn2cnc3c(oc4ccccc43)c2=O)c(C(=O)OC)c1C. The van der Waals surface area contributed by atoms with E-state index in [1.54, 1.807) is 19.1 Å². The molecular formula is C22H19N3O7S. The van der Waals surface area contributed by atoms with Crippen molar-refractivity contribution in [3.8, 4) is 0 Å².